The van der Waals surface area contributed by atoms with Gasteiger partial charge in [0.25, 0.3) is 5.56 Å². The fourth-order valence-corrected chi connectivity index (χ4v) is 4.56. The van der Waals surface area contributed by atoms with Crippen LogP contribution >= 0.6 is 0 Å². The molecule has 0 fully saturated rings. The maximum atomic E-state index is 13.2. The van der Waals surface area contributed by atoms with Gasteiger partial charge in [0, 0.05) is 24.2 Å². The third-order valence-electron chi connectivity index (χ3n) is 6.68. The molecule has 0 spiro atoms. The van der Waals surface area contributed by atoms with Crippen molar-refractivity contribution in [2.75, 3.05) is 6.61 Å². The highest BCUT2D eigenvalue weighted by Crippen LogP contribution is 2.27. The first-order chi connectivity index (χ1) is 17.8. The number of rotatable bonds is 10. The Bertz CT molecular complexity index is 1440. The number of hydrogen-bond donors (Lipinski definition) is 1. The summed E-state index contributed by atoms with van der Waals surface area (Å²) in [5.74, 6) is 0.166. The minimum absolute atomic E-state index is 0.0692. The Morgan fingerprint density at radius 1 is 1.05 bits per heavy atom. The smallest absolute Gasteiger partial charge is 0.327 e. The van der Waals surface area contributed by atoms with Gasteiger partial charge in [-0.25, -0.2) is 4.68 Å². The van der Waals surface area contributed by atoms with Gasteiger partial charge < -0.3 is 9.72 Å². The number of ether oxygens (including phenoxy) is 1. The monoisotopic (exact) mass is 502 g/mol. The summed E-state index contributed by atoms with van der Waals surface area (Å²) in [5, 5.41) is 13.2. The van der Waals surface area contributed by atoms with E-state index in [1.165, 1.54) is 15.8 Å². The predicted octanol–water partition coefficient (Wildman–Crippen LogP) is 4.16. The lowest BCUT2D eigenvalue weighted by Gasteiger charge is -2.30. The Labute approximate surface area is 216 Å². The van der Waals surface area contributed by atoms with Crippen LogP contribution in [0.5, 0.6) is 0 Å². The minimum atomic E-state index is -0.396. The summed E-state index contributed by atoms with van der Waals surface area (Å²) in [6, 6.07) is 14.2. The van der Waals surface area contributed by atoms with Crippen LogP contribution in [0.2, 0.25) is 0 Å². The molecule has 1 atom stereocenters. The molecular formula is C28H34N6O3. The van der Waals surface area contributed by atoms with Crippen LogP contribution in [0.15, 0.2) is 47.3 Å². The van der Waals surface area contributed by atoms with Gasteiger partial charge in [0.2, 0.25) is 0 Å². The van der Waals surface area contributed by atoms with E-state index < -0.39 is 5.97 Å². The van der Waals surface area contributed by atoms with Crippen molar-refractivity contribution in [2.45, 2.75) is 66.7 Å². The van der Waals surface area contributed by atoms with E-state index >= 15 is 0 Å². The largest absolute Gasteiger partial charge is 0.465 e. The first kappa shape index (κ1) is 26.2. The number of H-pyrrole nitrogens is 1. The van der Waals surface area contributed by atoms with Gasteiger partial charge in [0.15, 0.2) is 5.82 Å². The Morgan fingerprint density at radius 2 is 1.78 bits per heavy atom. The molecule has 4 aromatic rings. The summed E-state index contributed by atoms with van der Waals surface area (Å²) in [6.07, 6.45) is 0.679. The standard InChI is InChI=1S/C28H34N6O3/c1-6-25(27-30-31-32-34(27)17-26(35)37-7-2)33(15-21-10-8-18(3)9-11-21)16-23-14-22-12-19(4)20(5)13-24(22)29-28(23)36/h8-14,25H,6-7,15-17H2,1-5H3,(H,29,36). The number of carbonyl (C=O) groups is 1. The molecule has 37 heavy (non-hydrogen) atoms. The number of nitrogens with zero attached hydrogens (tertiary/aromatic N) is 5. The van der Waals surface area contributed by atoms with Gasteiger partial charge in [0.1, 0.15) is 6.54 Å². The molecule has 0 saturated heterocycles. The van der Waals surface area contributed by atoms with E-state index in [4.69, 9.17) is 4.74 Å². The fourth-order valence-electron chi connectivity index (χ4n) is 4.56. The second-order valence-corrected chi connectivity index (χ2v) is 9.46. The number of fused-ring (bicyclic) bond motifs is 1. The molecule has 4 rings (SSSR count). The fraction of sp³-hybridized carbons (Fsp3) is 0.393. The van der Waals surface area contributed by atoms with Crippen molar-refractivity contribution in [1.29, 1.82) is 0 Å². The van der Waals surface area contributed by atoms with Crippen LogP contribution in [-0.4, -0.2) is 42.7 Å². The molecule has 194 valence electrons. The zero-order valence-electron chi connectivity index (χ0n) is 22.1. The van der Waals surface area contributed by atoms with Crippen LogP contribution < -0.4 is 5.56 Å². The number of nitrogens with one attached hydrogen (secondary N) is 1. The number of aromatic amines is 1. The normalized spacial score (nSPS) is 12.3. The van der Waals surface area contributed by atoms with Crippen molar-refractivity contribution in [3.8, 4) is 0 Å². The average Bonchev–Trinajstić information content (AvgIpc) is 3.30. The second kappa shape index (κ2) is 11.5. The number of aromatic nitrogens is 5. The van der Waals surface area contributed by atoms with Crippen LogP contribution in [0.4, 0.5) is 0 Å². The molecule has 9 heteroatoms. The van der Waals surface area contributed by atoms with Crippen molar-refractivity contribution in [3.63, 3.8) is 0 Å². The maximum absolute atomic E-state index is 13.2. The average molecular weight is 503 g/mol. The minimum Gasteiger partial charge on any atom is -0.465 e. The van der Waals surface area contributed by atoms with Crippen LogP contribution in [0.25, 0.3) is 10.9 Å². The Balaban J connectivity index is 1.73. The number of esters is 1. The predicted molar refractivity (Wildman–Crippen MR) is 142 cm³/mol. The SMILES string of the molecule is CCOC(=O)Cn1nnnc1C(CC)N(Cc1ccc(C)cc1)Cc1cc2cc(C)c(C)cc2[nH]c1=O. The quantitative estimate of drug-likeness (QED) is 0.325. The van der Waals surface area contributed by atoms with Crippen LogP contribution in [0, 0.1) is 20.8 Å². The van der Waals surface area contributed by atoms with Crippen molar-refractivity contribution in [2.24, 2.45) is 0 Å². The molecule has 0 aliphatic carbocycles. The lowest BCUT2D eigenvalue weighted by molar-refractivity contribution is -0.144. The van der Waals surface area contributed by atoms with Crippen molar-refractivity contribution in [3.05, 3.63) is 86.5 Å². The maximum Gasteiger partial charge on any atom is 0.327 e. The third kappa shape index (κ3) is 6.11. The van der Waals surface area contributed by atoms with Gasteiger partial charge >= 0.3 is 5.97 Å². The zero-order chi connectivity index (χ0) is 26.5. The number of aryl methyl sites for hydroxylation is 3. The molecule has 1 N–H and O–H groups in total. The van der Waals surface area contributed by atoms with E-state index in [-0.39, 0.29) is 24.8 Å². The van der Waals surface area contributed by atoms with Crippen molar-refractivity contribution >= 4 is 16.9 Å². The van der Waals surface area contributed by atoms with Crippen molar-refractivity contribution < 1.29 is 9.53 Å². The number of carbonyl (C=O) groups excluding carboxylic acids is 1. The van der Waals surface area contributed by atoms with Crippen molar-refractivity contribution in [1.82, 2.24) is 30.1 Å². The van der Waals surface area contributed by atoms with Gasteiger partial charge in [-0.15, -0.1) is 5.10 Å². The first-order valence-corrected chi connectivity index (χ1v) is 12.6. The topological polar surface area (TPSA) is 106 Å². The van der Waals surface area contributed by atoms with Gasteiger partial charge in [-0.05, 0) is 84.8 Å². The highest BCUT2D eigenvalue weighted by Gasteiger charge is 2.27. The van der Waals surface area contributed by atoms with E-state index in [1.807, 2.05) is 26.0 Å². The Morgan fingerprint density at radius 3 is 2.49 bits per heavy atom. The zero-order valence-corrected chi connectivity index (χ0v) is 22.1. The lowest BCUT2D eigenvalue weighted by Crippen LogP contribution is -2.33. The molecule has 2 aromatic carbocycles. The number of pyridine rings is 1. The molecule has 0 aliphatic heterocycles. The lowest BCUT2D eigenvalue weighted by atomic mass is 10.0. The number of hydrogen-bond acceptors (Lipinski definition) is 7. The summed E-state index contributed by atoms with van der Waals surface area (Å²) < 4.78 is 6.60. The highest BCUT2D eigenvalue weighted by molar-refractivity contribution is 5.80. The molecule has 9 nitrogen and oxygen atoms in total. The van der Waals surface area contributed by atoms with Crippen LogP contribution in [0.3, 0.4) is 0 Å². The van der Waals surface area contributed by atoms with E-state index in [2.05, 4.69) is 69.6 Å². The molecule has 0 bridgehead atoms. The second-order valence-electron chi connectivity index (χ2n) is 9.46. The molecule has 2 heterocycles. The molecule has 1 unspecified atom stereocenters. The summed E-state index contributed by atoms with van der Waals surface area (Å²) in [4.78, 5) is 30.6. The molecule has 0 saturated carbocycles. The highest BCUT2D eigenvalue weighted by atomic mass is 16.5. The number of tetrazole rings is 1. The molecule has 0 aliphatic rings. The molecule has 0 radical (unpaired) electrons. The van der Waals surface area contributed by atoms with E-state index in [9.17, 15) is 9.59 Å². The molecular weight excluding hydrogens is 468 g/mol. The summed E-state index contributed by atoms with van der Waals surface area (Å²) >= 11 is 0. The summed E-state index contributed by atoms with van der Waals surface area (Å²) in [6.45, 7) is 11.2. The third-order valence-corrected chi connectivity index (χ3v) is 6.68. The van der Waals surface area contributed by atoms with Gasteiger partial charge in [-0.2, -0.15) is 0 Å². The van der Waals surface area contributed by atoms with Gasteiger partial charge in [-0.3, -0.25) is 14.5 Å². The van der Waals surface area contributed by atoms with Gasteiger partial charge in [-0.1, -0.05) is 36.8 Å². The Hall–Kier alpha value is -3.85. The summed E-state index contributed by atoms with van der Waals surface area (Å²) in [7, 11) is 0. The van der Waals surface area contributed by atoms with Crippen LogP contribution in [0.1, 0.15) is 60.0 Å². The van der Waals surface area contributed by atoms with E-state index in [1.54, 1.807) is 6.92 Å². The van der Waals surface area contributed by atoms with Crippen LogP contribution in [-0.2, 0) is 29.2 Å². The van der Waals surface area contributed by atoms with Gasteiger partial charge in [0.05, 0.1) is 12.6 Å². The molecule has 2 aromatic heterocycles. The first-order valence-electron chi connectivity index (χ1n) is 12.6. The number of benzene rings is 2. The van der Waals surface area contributed by atoms with E-state index in [0.29, 0.717) is 30.9 Å². The Kier molecular flexibility index (Phi) is 8.13. The molecule has 0 amide bonds. The van der Waals surface area contributed by atoms with E-state index in [0.717, 1.165) is 22.0 Å². The summed E-state index contributed by atoms with van der Waals surface area (Å²) in [5.41, 5.74) is 5.96.